The number of nitrogens with zero attached hydrogens (tertiary/aromatic N) is 2. The van der Waals surface area contributed by atoms with Crippen LogP contribution in [-0.2, 0) is 28.9 Å². The lowest BCUT2D eigenvalue weighted by atomic mass is 9.97. The van der Waals surface area contributed by atoms with Crippen LogP contribution in [0.2, 0.25) is 0 Å². The van der Waals surface area contributed by atoms with Crippen LogP contribution >= 0.6 is 0 Å². The largest absolute Gasteiger partial charge is 0.240 e. The van der Waals surface area contributed by atoms with Crippen molar-refractivity contribution in [2.24, 2.45) is 9.98 Å². The number of hydrogen-bond donors (Lipinski definition) is 0. The SMILES string of the molecule is CCc1cc(Cc2cccc(CC)c2N=C=O)ccc1N=C=O. The molecule has 4 heteroatoms. The molecule has 0 radical (unpaired) electrons. The van der Waals surface area contributed by atoms with Crippen LogP contribution in [0.3, 0.4) is 0 Å². The third kappa shape index (κ3) is 3.89. The van der Waals surface area contributed by atoms with Gasteiger partial charge >= 0.3 is 0 Å². The molecule has 0 saturated heterocycles. The van der Waals surface area contributed by atoms with Gasteiger partial charge in [0.1, 0.15) is 0 Å². The van der Waals surface area contributed by atoms with E-state index < -0.39 is 0 Å². The molecule has 2 aromatic rings. The molecule has 2 rings (SSSR count). The fourth-order valence-electron chi connectivity index (χ4n) is 2.67. The first-order chi connectivity index (χ1) is 11.2. The highest BCUT2D eigenvalue weighted by Gasteiger charge is 2.09. The van der Waals surface area contributed by atoms with Gasteiger partial charge in [0.05, 0.1) is 11.4 Å². The minimum atomic E-state index is 0.652. The van der Waals surface area contributed by atoms with Crippen molar-refractivity contribution in [3.05, 3.63) is 58.7 Å². The Bertz CT molecular complexity index is 799. The first kappa shape index (κ1) is 16.6. The van der Waals surface area contributed by atoms with Crippen LogP contribution in [-0.4, -0.2) is 12.2 Å². The van der Waals surface area contributed by atoms with Gasteiger partial charge in [-0.2, -0.15) is 9.98 Å². The van der Waals surface area contributed by atoms with Crippen molar-refractivity contribution in [1.29, 1.82) is 0 Å². The van der Waals surface area contributed by atoms with Gasteiger partial charge in [-0.3, -0.25) is 0 Å². The summed E-state index contributed by atoms with van der Waals surface area (Å²) in [5.74, 6) is 0. The van der Waals surface area contributed by atoms with Gasteiger partial charge in [0.15, 0.2) is 0 Å². The molecule has 0 spiro atoms. The third-order valence-electron chi connectivity index (χ3n) is 3.83. The van der Waals surface area contributed by atoms with E-state index in [1.165, 1.54) is 0 Å². The van der Waals surface area contributed by atoms with Gasteiger partial charge in [0.25, 0.3) is 0 Å². The zero-order valence-corrected chi connectivity index (χ0v) is 13.3. The predicted octanol–water partition coefficient (Wildman–Crippen LogP) is 4.34. The average Bonchev–Trinajstić information content (AvgIpc) is 2.58. The summed E-state index contributed by atoms with van der Waals surface area (Å²) in [5.41, 5.74) is 5.46. The molecule has 0 aromatic heterocycles. The van der Waals surface area contributed by atoms with E-state index in [0.717, 1.165) is 35.1 Å². The van der Waals surface area contributed by atoms with E-state index >= 15 is 0 Å². The molecule has 0 unspecified atom stereocenters. The fraction of sp³-hybridized carbons (Fsp3) is 0.263. The normalized spacial score (nSPS) is 9.83. The van der Waals surface area contributed by atoms with E-state index in [0.29, 0.717) is 17.8 Å². The lowest BCUT2D eigenvalue weighted by molar-refractivity contribution is 0.564. The fourth-order valence-corrected chi connectivity index (χ4v) is 2.67. The second-order valence-electron chi connectivity index (χ2n) is 5.18. The van der Waals surface area contributed by atoms with Crippen molar-refractivity contribution in [2.75, 3.05) is 0 Å². The predicted molar refractivity (Wildman–Crippen MR) is 90.0 cm³/mol. The number of para-hydroxylation sites is 1. The molecule has 2 aromatic carbocycles. The molecule has 0 aliphatic rings. The molecule has 0 aliphatic heterocycles. The van der Waals surface area contributed by atoms with Crippen LogP contribution in [0.25, 0.3) is 0 Å². The number of hydrogen-bond acceptors (Lipinski definition) is 4. The van der Waals surface area contributed by atoms with Crippen LogP contribution in [0, 0.1) is 0 Å². The maximum Gasteiger partial charge on any atom is 0.240 e. The Morgan fingerprint density at radius 1 is 0.870 bits per heavy atom. The first-order valence-electron chi connectivity index (χ1n) is 7.61. The monoisotopic (exact) mass is 306 g/mol. The molecule has 0 amide bonds. The van der Waals surface area contributed by atoms with Crippen molar-refractivity contribution in [1.82, 2.24) is 0 Å². The van der Waals surface area contributed by atoms with Gasteiger partial charge in [-0.25, -0.2) is 9.59 Å². The second-order valence-corrected chi connectivity index (χ2v) is 5.18. The zero-order chi connectivity index (χ0) is 16.7. The summed E-state index contributed by atoms with van der Waals surface area (Å²) in [6, 6.07) is 11.7. The van der Waals surface area contributed by atoms with Crippen molar-refractivity contribution in [3.63, 3.8) is 0 Å². The molecule has 4 nitrogen and oxygen atoms in total. The van der Waals surface area contributed by atoms with Crippen molar-refractivity contribution < 1.29 is 9.59 Å². The van der Waals surface area contributed by atoms with Crippen molar-refractivity contribution in [3.8, 4) is 0 Å². The highest BCUT2D eigenvalue weighted by atomic mass is 16.1. The van der Waals surface area contributed by atoms with Crippen LogP contribution in [0.5, 0.6) is 0 Å². The Hall–Kier alpha value is -2.80. The Morgan fingerprint density at radius 2 is 1.57 bits per heavy atom. The van der Waals surface area contributed by atoms with Crippen LogP contribution in [0.1, 0.15) is 36.1 Å². The van der Waals surface area contributed by atoms with E-state index in [1.54, 1.807) is 12.2 Å². The van der Waals surface area contributed by atoms with Crippen LogP contribution in [0.15, 0.2) is 46.4 Å². The summed E-state index contributed by atoms with van der Waals surface area (Å²) >= 11 is 0. The van der Waals surface area contributed by atoms with E-state index in [1.807, 2.05) is 50.2 Å². The minimum absolute atomic E-state index is 0.652. The molecule has 0 fully saturated rings. The molecule has 0 aliphatic carbocycles. The third-order valence-corrected chi connectivity index (χ3v) is 3.83. The molecule has 0 saturated carbocycles. The summed E-state index contributed by atoms with van der Waals surface area (Å²) in [5, 5.41) is 0. The molecule has 23 heavy (non-hydrogen) atoms. The molecular formula is C19H18N2O2. The minimum Gasteiger partial charge on any atom is -0.211 e. The lowest BCUT2D eigenvalue weighted by Crippen LogP contribution is -1.94. The maximum atomic E-state index is 10.7. The molecule has 0 N–H and O–H groups in total. The Kier molecular flexibility index (Phi) is 5.76. The summed E-state index contributed by atoms with van der Waals surface area (Å²) in [6.07, 6.45) is 5.48. The highest BCUT2D eigenvalue weighted by molar-refractivity contribution is 5.60. The Labute approximate surface area is 135 Å². The number of aryl methyl sites for hydroxylation is 2. The number of aliphatic imine (C=N–C) groups is 2. The smallest absolute Gasteiger partial charge is 0.211 e. The summed E-state index contributed by atoms with van der Waals surface area (Å²) in [7, 11) is 0. The van der Waals surface area contributed by atoms with Crippen molar-refractivity contribution >= 4 is 23.5 Å². The molecule has 0 bridgehead atoms. The second kappa shape index (κ2) is 8.00. The molecule has 116 valence electrons. The zero-order valence-electron chi connectivity index (χ0n) is 13.3. The Morgan fingerprint density at radius 3 is 2.22 bits per heavy atom. The number of benzene rings is 2. The van der Waals surface area contributed by atoms with Gasteiger partial charge in [-0.05, 0) is 47.6 Å². The van der Waals surface area contributed by atoms with Gasteiger partial charge in [0, 0.05) is 0 Å². The average molecular weight is 306 g/mol. The summed E-state index contributed by atoms with van der Waals surface area (Å²) < 4.78 is 0. The van der Waals surface area contributed by atoms with Gasteiger partial charge in [0.2, 0.25) is 12.2 Å². The van der Waals surface area contributed by atoms with Gasteiger partial charge in [-0.1, -0.05) is 44.2 Å². The summed E-state index contributed by atoms with van der Waals surface area (Å²) in [4.78, 5) is 28.8. The molecular weight excluding hydrogens is 288 g/mol. The number of rotatable bonds is 6. The van der Waals surface area contributed by atoms with E-state index in [4.69, 9.17) is 0 Å². The highest BCUT2D eigenvalue weighted by Crippen LogP contribution is 2.28. The standard InChI is InChI=1S/C19H18N2O2/c1-3-15-6-5-7-17(19(15)21-13-23)11-14-8-9-18(20-12-22)16(4-2)10-14/h5-10H,3-4,11H2,1-2H3. The van der Waals surface area contributed by atoms with Gasteiger partial charge in [-0.15, -0.1) is 0 Å². The first-order valence-corrected chi connectivity index (χ1v) is 7.61. The lowest BCUT2D eigenvalue weighted by Gasteiger charge is -2.10. The number of carbonyl (C=O) groups excluding carboxylic acids is 2. The molecule has 0 atom stereocenters. The van der Waals surface area contributed by atoms with Crippen LogP contribution in [0.4, 0.5) is 11.4 Å². The summed E-state index contributed by atoms with van der Waals surface area (Å²) in [6.45, 7) is 4.05. The van der Waals surface area contributed by atoms with E-state index in [2.05, 4.69) is 9.98 Å². The van der Waals surface area contributed by atoms with Crippen LogP contribution < -0.4 is 0 Å². The van der Waals surface area contributed by atoms with E-state index in [9.17, 15) is 9.59 Å². The quantitative estimate of drug-likeness (QED) is 0.589. The molecule has 0 heterocycles. The topological polar surface area (TPSA) is 58.9 Å². The van der Waals surface area contributed by atoms with Crippen molar-refractivity contribution in [2.45, 2.75) is 33.1 Å². The maximum absolute atomic E-state index is 10.7. The Balaban J connectivity index is 2.43. The van der Waals surface area contributed by atoms with Gasteiger partial charge < -0.3 is 0 Å². The van der Waals surface area contributed by atoms with E-state index in [-0.39, 0.29) is 0 Å². The number of isocyanates is 2.